The van der Waals surface area contributed by atoms with Crippen molar-refractivity contribution in [3.63, 3.8) is 0 Å². The van der Waals surface area contributed by atoms with Gasteiger partial charge in [0.2, 0.25) is 0 Å². The zero-order valence-corrected chi connectivity index (χ0v) is 6.53. The minimum Gasteiger partial charge on any atom is -0.300 e. The minimum absolute atomic E-state index is 0.569. The molecule has 0 aromatic rings. The van der Waals surface area contributed by atoms with Crippen molar-refractivity contribution >= 4 is 23.5 Å². The van der Waals surface area contributed by atoms with Crippen molar-refractivity contribution in [1.82, 2.24) is 5.32 Å². The Morgan fingerprint density at radius 2 is 1.71 bits per heavy atom. The number of hydrogen-bond acceptors (Lipinski definition) is 3. The molecule has 1 N–H and O–H groups in total. The summed E-state index contributed by atoms with van der Waals surface area (Å²) in [6.45, 7) is 0. The van der Waals surface area contributed by atoms with Crippen LogP contribution in [0.25, 0.3) is 0 Å². The molecule has 0 aromatic carbocycles. The second-order valence-corrected chi connectivity index (χ2v) is 3.28. The van der Waals surface area contributed by atoms with Gasteiger partial charge in [0, 0.05) is 0 Å². The molecule has 0 spiro atoms. The Hall–Kier alpha value is 0.660. The normalized spacial score (nSPS) is 10.3. The fourth-order valence-electron chi connectivity index (χ4n) is 0.332. The molecule has 0 heterocycles. The van der Waals surface area contributed by atoms with Crippen molar-refractivity contribution in [2.45, 2.75) is 4.71 Å². The molecule has 0 bridgehead atoms. The first-order valence-corrected chi connectivity index (χ1v) is 4.65. The van der Waals surface area contributed by atoms with E-state index in [1.54, 1.807) is 0 Å². The molecule has 0 aliphatic rings. The van der Waals surface area contributed by atoms with Crippen molar-refractivity contribution in [2.24, 2.45) is 0 Å². The van der Waals surface area contributed by atoms with Crippen LogP contribution in [0.15, 0.2) is 0 Å². The molecule has 3 heteroatoms. The van der Waals surface area contributed by atoms with Crippen molar-refractivity contribution < 1.29 is 0 Å². The summed E-state index contributed by atoms with van der Waals surface area (Å²) in [5.41, 5.74) is 0. The fraction of sp³-hybridized carbons (Fsp3) is 1.00. The van der Waals surface area contributed by atoms with E-state index in [0.717, 1.165) is 0 Å². The van der Waals surface area contributed by atoms with Gasteiger partial charge in [0.15, 0.2) is 0 Å². The second-order valence-electron chi connectivity index (χ2n) is 1.09. The molecule has 0 radical (unpaired) electrons. The van der Waals surface area contributed by atoms with E-state index < -0.39 is 0 Å². The predicted octanol–water partition coefficient (Wildman–Crippen LogP) is 1.22. The molecule has 0 unspecified atom stereocenters. The Labute approximate surface area is 53.6 Å². The van der Waals surface area contributed by atoms with Crippen molar-refractivity contribution in [3.8, 4) is 0 Å². The highest BCUT2D eigenvalue weighted by Gasteiger charge is 1.95. The SMILES string of the molecule is CNC(SC)SC. The van der Waals surface area contributed by atoms with Crippen LogP contribution >= 0.6 is 23.5 Å². The van der Waals surface area contributed by atoms with Crippen LogP contribution in [0.1, 0.15) is 0 Å². The molecule has 0 aromatic heterocycles. The molecule has 0 aliphatic heterocycles. The van der Waals surface area contributed by atoms with Crippen LogP contribution in [-0.2, 0) is 0 Å². The summed E-state index contributed by atoms with van der Waals surface area (Å²) in [7, 11) is 1.97. The maximum atomic E-state index is 3.13. The first-order chi connectivity index (χ1) is 3.35. The third-order valence-corrected chi connectivity index (χ3v) is 3.15. The van der Waals surface area contributed by atoms with E-state index in [4.69, 9.17) is 0 Å². The molecule has 0 amide bonds. The third-order valence-electron chi connectivity index (χ3n) is 0.664. The topological polar surface area (TPSA) is 12.0 Å². The predicted molar refractivity (Wildman–Crippen MR) is 39.9 cm³/mol. The van der Waals surface area contributed by atoms with Crippen LogP contribution in [0, 0.1) is 0 Å². The van der Waals surface area contributed by atoms with Gasteiger partial charge in [-0.1, -0.05) is 0 Å². The van der Waals surface area contributed by atoms with Gasteiger partial charge < -0.3 is 5.32 Å². The summed E-state index contributed by atoms with van der Waals surface area (Å²) in [4.78, 5) is 0. The van der Waals surface area contributed by atoms with Gasteiger partial charge >= 0.3 is 0 Å². The van der Waals surface area contributed by atoms with Gasteiger partial charge in [0.1, 0.15) is 0 Å². The molecule has 0 fully saturated rings. The average molecular weight is 137 g/mol. The first kappa shape index (κ1) is 7.66. The summed E-state index contributed by atoms with van der Waals surface area (Å²) in [6.07, 6.45) is 4.19. The van der Waals surface area contributed by atoms with Crippen LogP contribution in [0.5, 0.6) is 0 Å². The van der Waals surface area contributed by atoms with Gasteiger partial charge in [-0.2, -0.15) is 0 Å². The van der Waals surface area contributed by atoms with Crippen LogP contribution in [-0.4, -0.2) is 24.3 Å². The van der Waals surface area contributed by atoms with Gasteiger partial charge in [-0.3, -0.25) is 0 Å². The highest BCUT2D eigenvalue weighted by molar-refractivity contribution is 8.16. The Kier molecular flexibility index (Phi) is 5.26. The average Bonchev–Trinajstić information content (AvgIpc) is 1.72. The van der Waals surface area contributed by atoms with Crippen LogP contribution in [0.2, 0.25) is 0 Å². The number of nitrogens with one attached hydrogen (secondary N) is 1. The Morgan fingerprint density at radius 1 is 1.29 bits per heavy atom. The number of rotatable bonds is 3. The van der Waals surface area contributed by atoms with Crippen molar-refractivity contribution in [1.29, 1.82) is 0 Å². The highest BCUT2D eigenvalue weighted by atomic mass is 32.2. The van der Waals surface area contributed by atoms with Gasteiger partial charge in [-0.05, 0) is 19.6 Å². The van der Waals surface area contributed by atoms with Gasteiger partial charge in [0.05, 0.1) is 4.71 Å². The lowest BCUT2D eigenvalue weighted by Gasteiger charge is -2.07. The fourth-order valence-corrected chi connectivity index (χ4v) is 1.57. The van der Waals surface area contributed by atoms with Crippen molar-refractivity contribution in [3.05, 3.63) is 0 Å². The maximum Gasteiger partial charge on any atom is 0.0993 e. The molecule has 44 valence electrons. The van der Waals surface area contributed by atoms with E-state index in [0.29, 0.717) is 4.71 Å². The van der Waals surface area contributed by atoms with Crippen molar-refractivity contribution in [2.75, 3.05) is 19.6 Å². The first-order valence-electron chi connectivity index (χ1n) is 2.08. The molecule has 0 rings (SSSR count). The van der Waals surface area contributed by atoms with Gasteiger partial charge in [-0.15, -0.1) is 23.5 Å². The van der Waals surface area contributed by atoms with E-state index in [1.165, 1.54) is 0 Å². The quantitative estimate of drug-likeness (QED) is 0.587. The van der Waals surface area contributed by atoms with Crippen LogP contribution < -0.4 is 5.32 Å². The van der Waals surface area contributed by atoms with E-state index in [9.17, 15) is 0 Å². The molecule has 7 heavy (non-hydrogen) atoms. The Morgan fingerprint density at radius 3 is 1.71 bits per heavy atom. The minimum atomic E-state index is 0.569. The van der Waals surface area contributed by atoms with E-state index in [2.05, 4.69) is 17.8 Å². The summed E-state index contributed by atoms with van der Waals surface area (Å²) in [6, 6.07) is 0. The summed E-state index contributed by atoms with van der Waals surface area (Å²) in [5, 5.41) is 3.13. The molecular weight excluding hydrogens is 126 g/mol. The van der Waals surface area contributed by atoms with Crippen LogP contribution in [0.3, 0.4) is 0 Å². The number of hydrogen-bond donors (Lipinski definition) is 1. The lowest BCUT2D eigenvalue weighted by atomic mass is 11.2. The maximum absolute atomic E-state index is 3.13. The van der Waals surface area contributed by atoms with Gasteiger partial charge in [0.25, 0.3) is 0 Å². The standard InChI is InChI=1S/C4H11NS2/c1-5-4(6-2)7-3/h4-5H,1-3H3. The highest BCUT2D eigenvalue weighted by Crippen LogP contribution is 2.13. The lowest BCUT2D eigenvalue weighted by Crippen LogP contribution is -2.15. The zero-order valence-electron chi connectivity index (χ0n) is 4.89. The summed E-state index contributed by atoms with van der Waals surface area (Å²) >= 11 is 3.64. The molecule has 0 saturated carbocycles. The van der Waals surface area contributed by atoms with Gasteiger partial charge in [-0.25, -0.2) is 0 Å². The Bertz CT molecular complexity index is 31.2. The summed E-state index contributed by atoms with van der Waals surface area (Å²) in [5.74, 6) is 0. The largest absolute Gasteiger partial charge is 0.300 e. The molecular formula is C4H11NS2. The molecule has 0 saturated heterocycles. The number of thioether (sulfide) groups is 2. The molecule has 0 atom stereocenters. The molecule has 1 nitrogen and oxygen atoms in total. The smallest absolute Gasteiger partial charge is 0.0993 e. The van der Waals surface area contributed by atoms with E-state index in [1.807, 2.05) is 30.6 Å². The van der Waals surface area contributed by atoms with E-state index in [-0.39, 0.29) is 0 Å². The summed E-state index contributed by atoms with van der Waals surface area (Å²) < 4.78 is 0.569. The monoisotopic (exact) mass is 137 g/mol. The lowest BCUT2D eigenvalue weighted by molar-refractivity contribution is 0.939. The van der Waals surface area contributed by atoms with E-state index >= 15 is 0 Å². The molecule has 0 aliphatic carbocycles. The second kappa shape index (κ2) is 4.81. The Balaban J connectivity index is 2.99. The van der Waals surface area contributed by atoms with Crippen LogP contribution in [0.4, 0.5) is 0 Å². The third kappa shape index (κ3) is 3.26. The zero-order chi connectivity index (χ0) is 5.70.